The third-order valence-electron chi connectivity index (χ3n) is 6.40. The minimum Gasteiger partial charge on any atom is -0.360 e. The van der Waals surface area contributed by atoms with Crippen LogP contribution in [0.1, 0.15) is 29.5 Å². The quantitative estimate of drug-likeness (QED) is 0.812. The van der Waals surface area contributed by atoms with Crippen molar-refractivity contribution in [1.29, 1.82) is 0 Å². The lowest BCUT2D eigenvalue weighted by Crippen LogP contribution is -3.15. The van der Waals surface area contributed by atoms with E-state index in [1.807, 2.05) is 11.0 Å². The molecule has 1 N–H and O–H groups in total. The van der Waals surface area contributed by atoms with Gasteiger partial charge in [0.05, 0.1) is 26.2 Å². The van der Waals surface area contributed by atoms with Crippen molar-refractivity contribution in [3.63, 3.8) is 0 Å². The average Bonchev–Trinajstić information content (AvgIpc) is 3.55. The molecule has 4 rings (SSSR count). The smallest absolute Gasteiger partial charge is 0.278 e. The van der Waals surface area contributed by atoms with E-state index >= 15 is 0 Å². The number of rotatable bonds is 6. The highest BCUT2D eigenvalue weighted by atomic mass is 19.1. The maximum Gasteiger partial charge on any atom is 0.278 e. The summed E-state index contributed by atoms with van der Waals surface area (Å²) < 4.78 is 14.1. The molecule has 1 aliphatic carbocycles. The molecule has 4 nitrogen and oxygen atoms in total. The molecule has 29 heavy (non-hydrogen) atoms. The molecule has 0 aromatic heterocycles. The van der Waals surface area contributed by atoms with Crippen molar-refractivity contribution in [2.24, 2.45) is 0 Å². The van der Waals surface area contributed by atoms with E-state index in [9.17, 15) is 9.18 Å². The highest BCUT2D eigenvalue weighted by Gasteiger charge is 2.35. The van der Waals surface area contributed by atoms with Gasteiger partial charge in [-0.3, -0.25) is 4.79 Å². The van der Waals surface area contributed by atoms with Gasteiger partial charge in [-0.25, -0.2) is 4.39 Å². The van der Waals surface area contributed by atoms with Crippen LogP contribution >= 0.6 is 0 Å². The number of benzene rings is 2. The maximum atomic E-state index is 14.1. The fraction of sp³-hybridized carbons (Fsp3) is 0.458. The van der Waals surface area contributed by atoms with Crippen LogP contribution in [0.3, 0.4) is 0 Å². The van der Waals surface area contributed by atoms with Gasteiger partial charge in [0.2, 0.25) is 0 Å². The molecule has 0 radical (unpaired) electrons. The zero-order valence-electron chi connectivity index (χ0n) is 17.5. The van der Waals surface area contributed by atoms with Crippen LogP contribution in [0.25, 0.3) is 0 Å². The highest BCUT2D eigenvalue weighted by Crippen LogP contribution is 2.28. The predicted octanol–water partition coefficient (Wildman–Crippen LogP) is 2.34. The number of hydrogen-bond acceptors (Lipinski definition) is 2. The molecule has 0 atom stereocenters. The molecule has 2 aliphatic rings. The molecule has 1 heterocycles. The molecule has 2 aromatic rings. The normalized spacial score (nSPS) is 17.4. The van der Waals surface area contributed by atoms with E-state index in [0.29, 0.717) is 18.7 Å². The van der Waals surface area contributed by atoms with E-state index < -0.39 is 0 Å². The second kappa shape index (κ2) is 8.54. The predicted molar refractivity (Wildman–Crippen MR) is 114 cm³/mol. The Labute approximate surface area is 172 Å². The molecule has 1 aliphatic heterocycles. The first-order valence-corrected chi connectivity index (χ1v) is 10.7. The molecule has 1 saturated carbocycles. The Morgan fingerprint density at radius 3 is 2.52 bits per heavy atom. The third kappa shape index (κ3) is 4.61. The van der Waals surface area contributed by atoms with Crippen molar-refractivity contribution in [3.05, 3.63) is 65.0 Å². The van der Waals surface area contributed by atoms with E-state index in [0.717, 1.165) is 39.0 Å². The molecular formula is C24H31FN3O+. The van der Waals surface area contributed by atoms with Gasteiger partial charge < -0.3 is 14.7 Å². The Morgan fingerprint density at radius 2 is 1.83 bits per heavy atom. The van der Waals surface area contributed by atoms with Crippen LogP contribution in [0.4, 0.5) is 10.1 Å². The van der Waals surface area contributed by atoms with E-state index in [2.05, 4.69) is 36.9 Å². The van der Waals surface area contributed by atoms with E-state index in [1.165, 1.54) is 27.8 Å². The molecule has 0 bridgehead atoms. The summed E-state index contributed by atoms with van der Waals surface area (Å²) >= 11 is 0. The summed E-state index contributed by atoms with van der Waals surface area (Å²) in [5.74, 6) is -0.0635. The zero-order chi connectivity index (χ0) is 20.4. The monoisotopic (exact) mass is 396 g/mol. The molecular weight excluding hydrogens is 365 g/mol. The second-order valence-corrected chi connectivity index (χ2v) is 8.48. The first-order chi connectivity index (χ1) is 14.0. The van der Waals surface area contributed by atoms with Gasteiger partial charge in [-0.1, -0.05) is 30.3 Å². The van der Waals surface area contributed by atoms with Crippen molar-refractivity contribution in [3.8, 4) is 0 Å². The highest BCUT2D eigenvalue weighted by molar-refractivity contribution is 5.77. The van der Waals surface area contributed by atoms with Crippen LogP contribution in [0, 0.1) is 19.7 Å². The number of aryl methyl sites for hydroxylation is 1. The number of halogens is 1. The number of hydrogen-bond donors (Lipinski definition) is 1. The maximum absolute atomic E-state index is 14.1. The van der Waals surface area contributed by atoms with Crippen LogP contribution in [0.2, 0.25) is 0 Å². The minimum atomic E-state index is -0.222. The molecule has 1 amide bonds. The van der Waals surface area contributed by atoms with Crippen LogP contribution in [-0.4, -0.2) is 49.6 Å². The first-order valence-electron chi connectivity index (χ1n) is 10.7. The van der Waals surface area contributed by atoms with Crippen LogP contribution in [-0.2, 0) is 11.3 Å². The van der Waals surface area contributed by atoms with Gasteiger partial charge in [0, 0.05) is 23.8 Å². The summed E-state index contributed by atoms with van der Waals surface area (Å²) in [6, 6.07) is 13.6. The Balaban J connectivity index is 1.35. The third-order valence-corrected chi connectivity index (χ3v) is 6.40. The summed E-state index contributed by atoms with van der Waals surface area (Å²) in [6.45, 7) is 9.07. The summed E-state index contributed by atoms with van der Waals surface area (Å²) in [7, 11) is 0. The van der Waals surface area contributed by atoms with Gasteiger partial charge in [0.25, 0.3) is 5.91 Å². The number of nitrogens with zero attached hydrogens (tertiary/aromatic N) is 2. The zero-order valence-corrected chi connectivity index (χ0v) is 17.5. The number of carbonyl (C=O) groups is 1. The topological polar surface area (TPSA) is 28.0 Å². The van der Waals surface area contributed by atoms with Crippen molar-refractivity contribution < 1.29 is 14.1 Å². The lowest BCUT2D eigenvalue weighted by molar-refractivity contribution is -0.892. The number of nitrogens with one attached hydrogen (secondary N) is 1. The molecule has 0 unspecified atom stereocenters. The Hall–Kier alpha value is -2.40. The number of quaternary nitrogens is 1. The van der Waals surface area contributed by atoms with E-state index in [-0.39, 0.29) is 17.8 Å². The van der Waals surface area contributed by atoms with E-state index in [1.54, 1.807) is 12.1 Å². The fourth-order valence-electron chi connectivity index (χ4n) is 4.25. The number of piperazine rings is 1. The van der Waals surface area contributed by atoms with Gasteiger partial charge in [0.1, 0.15) is 5.82 Å². The minimum absolute atomic E-state index is 0.158. The van der Waals surface area contributed by atoms with Crippen molar-refractivity contribution in [1.82, 2.24) is 4.90 Å². The number of anilines is 1. The molecule has 1 saturated heterocycles. The van der Waals surface area contributed by atoms with Gasteiger partial charge in [-0.05, 0) is 49.9 Å². The Kier molecular flexibility index (Phi) is 5.86. The molecule has 5 heteroatoms. The SMILES string of the molecule is Cc1cccc(N2CC[NH+](CC(=O)N(Cc3ccccc3F)C3CC3)CC2)c1C. The summed E-state index contributed by atoms with van der Waals surface area (Å²) in [5, 5.41) is 0. The fourth-order valence-corrected chi connectivity index (χ4v) is 4.25. The average molecular weight is 397 g/mol. The summed E-state index contributed by atoms with van der Waals surface area (Å²) in [5.41, 5.74) is 4.59. The molecule has 2 aromatic carbocycles. The Bertz CT molecular complexity index is 872. The van der Waals surface area contributed by atoms with Crippen LogP contribution in [0.5, 0.6) is 0 Å². The first kappa shape index (κ1) is 19.9. The molecule has 154 valence electrons. The van der Waals surface area contributed by atoms with Crippen LogP contribution in [0.15, 0.2) is 42.5 Å². The largest absolute Gasteiger partial charge is 0.360 e. The van der Waals surface area contributed by atoms with Crippen LogP contribution < -0.4 is 9.80 Å². The molecule has 0 spiro atoms. The number of carbonyl (C=O) groups excluding carboxylic acids is 1. The lowest BCUT2D eigenvalue weighted by atomic mass is 10.1. The van der Waals surface area contributed by atoms with Crippen molar-refractivity contribution >= 4 is 11.6 Å². The van der Waals surface area contributed by atoms with Gasteiger partial charge in [-0.15, -0.1) is 0 Å². The Morgan fingerprint density at radius 1 is 1.10 bits per heavy atom. The summed E-state index contributed by atoms with van der Waals surface area (Å²) in [6.07, 6.45) is 2.08. The standard InChI is InChI=1S/C24H30FN3O/c1-18-6-5-9-23(19(18)2)27-14-12-26(13-15-27)17-24(29)28(21-10-11-21)16-20-7-3-4-8-22(20)25/h3-9,21H,10-17H2,1-2H3/p+1. The second-order valence-electron chi connectivity index (χ2n) is 8.48. The summed E-state index contributed by atoms with van der Waals surface area (Å²) in [4.78, 5) is 18.7. The van der Waals surface area contributed by atoms with Gasteiger partial charge in [0.15, 0.2) is 6.54 Å². The van der Waals surface area contributed by atoms with Crippen molar-refractivity contribution in [2.75, 3.05) is 37.6 Å². The molecule has 2 fully saturated rings. The van der Waals surface area contributed by atoms with Crippen molar-refractivity contribution in [2.45, 2.75) is 39.3 Å². The number of amides is 1. The van der Waals surface area contributed by atoms with E-state index in [4.69, 9.17) is 0 Å². The van der Waals surface area contributed by atoms with Gasteiger partial charge in [-0.2, -0.15) is 0 Å². The lowest BCUT2D eigenvalue weighted by Gasteiger charge is -2.35. The van der Waals surface area contributed by atoms with Gasteiger partial charge >= 0.3 is 0 Å².